The van der Waals surface area contributed by atoms with E-state index in [1.54, 1.807) is 7.11 Å². The maximum atomic E-state index is 12.8. The van der Waals surface area contributed by atoms with Crippen LogP contribution in [0.15, 0.2) is 23.8 Å². The third-order valence-corrected chi connectivity index (χ3v) is 5.27. The summed E-state index contributed by atoms with van der Waals surface area (Å²) in [4.78, 5) is 22.3. The van der Waals surface area contributed by atoms with Crippen molar-refractivity contribution < 1.29 is 9.53 Å². The lowest BCUT2D eigenvalue weighted by molar-refractivity contribution is 0.0474. The molecule has 1 fully saturated rings. The molecule has 1 aliphatic rings. The molecule has 124 valence electrons. The minimum atomic E-state index is 0.0480. The average molecular weight is 334 g/mol. The van der Waals surface area contributed by atoms with Crippen LogP contribution in [0.1, 0.15) is 28.5 Å². The summed E-state index contributed by atoms with van der Waals surface area (Å²) >= 11 is 1.43. The van der Waals surface area contributed by atoms with Crippen molar-refractivity contribution in [3.8, 4) is 5.75 Å². The van der Waals surface area contributed by atoms with Crippen LogP contribution in [0.3, 0.4) is 0 Å². The number of likely N-dealkylation sites (N-methyl/N-ethyl adjacent to an activating group) is 1. The molecular weight excluding hydrogens is 312 g/mol. The number of amides is 1. The molecule has 1 atom stereocenters. The van der Waals surface area contributed by atoms with Crippen LogP contribution in [0, 0.1) is 0 Å². The molecular formula is C16H22N4O2S. The Morgan fingerprint density at radius 3 is 2.96 bits per heavy atom. The van der Waals surface area contributed by atoms with E-state index >= 15 is 0 Å². The number of carbonyl (C=O) groups excluding carboxylic acids is 1. The highest BCUT2D eigenvalue weighted by atomic mass is 32.1. The monoisotopic (exact) mass is 334 g/mol. The van der Waals surface area contributed by atoms with Gasteiger partial charge in [-0.25, -0.2) is 4.98 Å². The molecule has 0 saturated carbocycles. The van der Waals surface area contributed by atoms with Crippen LogP contribution >= 0.6 is 11.3 Å². The number of hydrogen-bond acceptors (Lipinski definition) is 5. The Hall–Kier alpha value is -1.86. The second-order valence-corrected chi connectivity index (χ2v) is 6.53. The number of thiophene rings is 1. The summed E-state index contributed by atoms with van der Waals surface area (Å²) in [6.45, 7) is 5.33. The SMILES string of the molecule is CCN1CCN(C(=O)c2sccc2OC)C[C@@H]1c1nccn1C. The van der Waals surface area contributed by atoms with E-state index in [2.05, 4.69) is 16.8 Å². The highest BCUT2D eigenvalue weighted by Gasteiger charge is 2.33. The van der Waals surface area contributed by atoms with Crippen LogP contribution in [0.5, 0.6) is 5.75 Å². The number of hydrogen-bond donors (Lipinski definition) is 0. The normalized spacial score (nSPS) is 19.1. The molecule has 0 aromatic carbocycles. The summed E-state index contributed by atoms with van der Waals surface area (Å²) in [6.07, 6.45) is 3.76. The number of ether oxygens (including phenoxy) is 1. The molecule has 1 saturated heterocycles. The number of rotatable bonds is 4. The predicted molar refractivity (Wildman–Crippen MR) is 90.0 cm³/mol. The molecule has 0 N–H and O–H groups in total. The van der Waals surface area contributed by atoms with Gasteiger partial charge in [-0.3, -0.25) is 9.69 Å². The van der Waals surface area contributed by atoms with Crippen molar-refractivity contribution in [1.82, 2.24) is 19.4 Å². The lowest BCUT2D eigenvalue weighted by atomic mass is 10.1. The van der Waals surface area contributed by atoms with Gasteiger partial charge in [-0.2, -0.15) is 0 Å². The zero-order valence-electron chi connectivity index (χ0n) is 13.7. The standard InChI is InChI=1S/C16H22N4O2S/c1-4-19-8-9-20(11-12(19)15-17-6-7-18(15)2)16(21)14-13(22-3)5-10-23-14/h5-7,10,12H,4,8-9,11H2,1-3H3/t12-/m1/s1. The van der Waals surface area contributed by atoms with Gasteiger partial charge in [0.25, 0.3) is 5.91 Å². The first kappa shape index (κ1) is 16.0. The minimum absolute atomic E-state index is 0.0480. The molecule has 1 aliphatic heterocycles. The van der Waals surface area contributed by atoms with Crippen LogP contribution in [0.4, 0.5) is 0 Å². The Kier molecular flexibility index (Phi) is 4.68. The van der Waals surface area contributed by atoms with Gasteiger partial charge in [0.1, 0.15) is 16.5 Å². The van der Waals surface area contributed by atoms with Crippen LogP contribution < -0.4 is 4.74 Å². The zero-order valence-corrected chi connectivity index (χ0v) is 14.5. The largest absolute Gasteiger partial charge is 0.495 e. The van der Waals surface area contributed by atoms with E-state index in [1.807, 2.05) is 40.4 Å². The maximum absolute atomic E-state index is 12.8. The van der Waals surface area contributed by atoms with Crippen LogP contribution in [0.2, 0.25) is 0 Å². The molecule has 0 aliphatic carbocycles. The Morgan fingerprint density at radius 2 is 2.30 bits per heavy atom. The van der Waals surface area contributed by atoms with Gasteiger partial charge in [0.15, 0.2) is 0 Å². The number of carbonyl (C=O) groups is 1. The Bertz CT molecular complexity index is 681. The molecule has 0 spiro atoms. The van der Waals surface area contributed by atoms with Gasteiger partial charge in [0.2, 0.25) is 0 Å². The number of methoxy groups -OCH3 is 1. The summed E-state index contributed by atoms with van der Waals surface area (Å²) in [7, 11) is 3.60. The van der Waals surface area contributed by atoms with Gasteiger partial charge in [0.05, 0.1) is 13.2 Å². The number of aromatic nitrogens is 2. The van der Waals surface area contributed by atoms with Gasteiger partial charge < -0.3 is 14.2 Å². The van der Waals surface area contributed by atoms with E-state index in [0.717, 1.165) is 25.5 Å². The fourth-order valence-corrected chi connectivity index (χ4v) is 3.91. The van der Waals surface area contributed by atoms with Crippen molar-refractivity contribution >= 4 is 17.2 Å². The summed E-state index contributed by atoms with van der Waals surface area (Å²) < 4.78 is 7.33. The Balaban J connectivity index is 1.83. The van der Waals surface area contributed by atoms with Crippen molar-refractivity contribution in [3.05, 3.63) is 34.5 Å². The third-order valence-electron chi connectivity index (χ3n) is 4.38. The summed E-state index contributed by atoms with van der Waals surface area (Å²) in [6, 6.07) is 1.97. The molecule has 0 unspecified atom stereocenters. The summed E-state index contributed by atoms with van der Waals surface area (Å²) in [5.41, 5.74) is 0. The molecule has 0 bridgehead atoms. The lowest BCUT2D eigenvalue weighted by Crippen LogP contribution is -2.50. The smallest absolute Gasteiger partial charge is 0.267 e. The number of imidazole rings is 1. The second-order valence-electron chi connectivity index (χ2n) is 5.61. The van der Waals surface area contributed by atoms with Crippen molar-refractivity contribution in [2.75, 3.05) is 33.3 Å². The van der Waals surface area contributed by atoms with Crippen LogP contribution in [-0.4, -0.2) is 58.5 Å². The van der Waals surface area contributed by atoms with Crippen LogP contribution in [-0.2, 0) is 7.05 Å². The van der Waals surface area contributed by atoms with Gasteiger partial charge in [-0.05, 0) is 18.0 Å². The molecule has 0 radical (unpaired) electrons. The quantitative estimate of drug-likeness (QED) is 0.858. The number of piperazine rings is 1. The van der Waals surface area contributed by atoms with Crippen LogP contribution in [0.25, 0.3) is 0 Å². The summed E-state index contributed by atoms with van der Waals surface area (Å²) in [5.74, 6) is 1.71. The Labute approximate surface area is 140 Å². The first-order valence-corrected chi connectivity index (χ1v) is 8.65. The molecule has 7 heteroatoms. The predicted octanol–water partition coefficient (Wildman–Crippen LogP) is 2.01. The van der Waals surface area contributed by atoms with Crippen molar-refractivity contribution in [3.63, 3.8) is 0 Å². The molecule has 2 aromatic rings. The fourth-order valence-electron chi connectivity index (χ4n) is 3.08. The molecule has 6 nitrogen and oxygen atoms in total. The van der Waals surface area contributed by atoms with Gasteiger partial charge in [-0.15, -0.1) is 11.3 Å². The average Bonchev–Trinajstić information content (AvgIpc) is 3.22. The second kappa shape index (κ2) is 6.72. The van der Waals surface area contributed by atoms with E-state index < -0.39 is 0 Å². The zero-order chi connectivity index (χ0) is 16.4. The van der Waals surface area contributed by atoms with E-state index in [9.17, 15) is 4.79 Å². The molecule has 3 rings (SSSR count). The van der Waals surface area contributed by atoms with Gasteiger partial charge in [0, 0.05) is 39.1 Å². The Morgan fingerprint density at radius 1 is 1.48 bits per heavy atom. The number of aryl methyl sites for hydroxylation is 1. The molecule has 2 aromatic heterocycles. The van der Waals surface area contributed by atoms with Gasteiger partial charge >= 0.3 is 0 Å². The maximum Gasteiger partial charge on any atom is 0.267 e. The number of nitrogens with zero attached hydrogens (tertiary/aromatic N) is 4. The van der Waals surface area contributed by atoms with E-state index in [4.69, 9.17) is 4.74 Å². The van der Waals surface area contributed by atoms with Crippen molar-refractivity contribution in [2.24, 2.45) is 7.05 Å². The van der Waals surface area contributed by atoms with Crippen molar-refractivity contribution in [1.29, 1.82) is 0 Å². The summed E-state index contributed by atoms with van der Waals surface area (Å²) in [5, 5.41) is 1.89. The van der Waals surface area contributed by atoms with E-state index in [0.29, 0.717) is 17.2 Å². The molecule has 23 heavy (non-hydrogen) atoms. The highest BCUT2D eigenvalue weighted by molar-refractivity contribution is 7.12. The van der Waals surface area contributed by atoms with E-state index in [-0.39, 0.29) is 11.9 Å². The van der Waals surface area contributed by atoms with Gasteiger partial charge in [-0.1, -0.05) is 6.92 Å². The van der Waals surface area contributed by atoms with Crippen molar-refractivity contribution in [2.45, 2.75) is 13.0 Å². The third kappa shape index (κ3) is 2.98. The first-order chi connectivity index (χ1) is 11.2. The lowest BCUT2D eigenvalue weighted by Gasteiger charge is -2.40. The fraction of sp³-hybridized carbons (Fsp3) is 0.500. The highest BCUT2D eigenvalue weighted by Crippen LogP contribution is 2.29. The molecule has 3 heterocycles. The van der Waals surface area contributed by atoms with E-state index in [1.165, 1.54) is 11.3 Å². The molecule has 1 amide bonds. The minimum Gasteiger partial charge on any atom is -0.495 e. The topological polar surface area (TPSA) is 50.6 Å². The first-order valence-electron chi connectivity index (χ1n) is 7.77.